The number of aliphatic hydroxyl groups excluding tert-OH is 1. The van der Waals surface area contributed by atoms with E-state index in [1.807, 2.05) is 0 Å². The van der Waals surface area contributed by atoms with Gasteiger partial charge in [0.15, 0.2) is 5.69 Å². The lowest BCUT2D eigenvalue weighted by atomic mass is 10.1. The van der Waals surface area contributed by atoms with Crippen molar-refractivity contribution in [1.82, 2.24) is 25.6 Å². The quantitative estimate of drug-likeness (QED) is 0.609. The van der Waals surface area contributed by atoms with Crippen LogP contribution in [0.1, 0.15) is 22.2 Å². The number of nitrogens with one attached hydrogen (secondary N) is 2. The Morgan fingerprint density at radius 3 is 2.76 bits per heavy atom. The van der Waals surface area contributed by atoms with Crippen molar-refractivity contribution in [2.45, 2.75) is 25.1 Å². The molecule has 3 rings (SSSR count). The van der Waals surface area contributed by atoms with Crippen molar-refractivity contribution in [3.05, 3.63) is 41.7 Å². The van der Waals surface area contributed by atoms with Crippen molar-refractivity contribution in [2.24, 2.45) is 0 Å². The van der Waals surface area contributed by atoms with Gasteiger partial charge in [0.1, 0.15) is 11.9 Å². The number of halogens is 3. The molecule has 1 fully saturated rings. The van der Waals surface area contributed by atoms with Gasteiger partial charge in [0.25, 0.3) is 5.91 Å². The highest BCUT2D eigenvalue weighted by Crippen LogP contribution is 2.24. The number of benzene rings is 1. The number of cyclic esters (lactones) is 1. The van der Waals surface area contributed by atoms with E-state index in [4.69, 9.17) is 4.74 Å². The van der Waals surface area contributed by atoms with E-state index in [0.717, 1.165) is 12.1 Å². The summed E-state index contributed by atoms with van der Waals surface area (Å²) in [6.07, 6.45) is -5.55. The molecule has 156 valence electrons. The van der Waals surface area contributed by atoms with Crippen LogP contribution in [0.5, 0.6) is 5.75 Å². The second-order valence-electron chi connectivity index (χ2n) is 6.08. The zero-order valence-electron chi connectivity index (χ0n) is 14.7. The van der Waals surface area contributed by atoms with Crippen molar-refractivity contribution >= 4 is 12.0 Å². The summed E-state index contributed by atoms with van der Waals surface area (Å²) in [6, 6.07) is 4.63. The number of aliphatic hydroxyl groups is 1. The number of aromatic nitrogens is 3. The van der Waals surface area contributed by atoms with Crippen LogP contribution in [0.2, 0.25) is 0 Å². The van der Waals surface area contributed by atoms with E-state index >= 15 is 0 Å². The van der Waals surface area contributed by atoms with Crippen molar-refractivity contribution in [3.8, 4) is 5.75 Å². The van der Waals surface area contributed by atoms with E-state index in [9.17, 15) is 27.9 Å². The van der Waals surface area contributed by atoms with Gasteiger partial charge < -0.3 is 25.2 Å². The molecule has 1 aromatic carbocycles. The fourth-order valence-electron chi connectivity index (χ4n) is 2.52. The van der Waals surface area contributed by atoms with Crippen LogP contribution >= 0.6 is 0 Å². The van der Waals surface area contributed by atoms with E-state index < -0.39 is 36.3 Å². The largest absolute Gasteiger partial charge is 0.573 e. The van der Waals surface area contributed by atoms with E-state index in [-0.39, 0.29) is 18.8 Å². The Kier molecular flexibility index (Phi) is 5.87. The van der Waals surface area contributed by atoms with Gasteiger partial charge >= 0.3 is 12.5 Å². The summed E-state index contributed by atoms with van der Waals surface area (Å²) in [4.78, 5) is 23.1. The van der Waals surface area contributed by atoms with Crippen LogP contribution in [0.3, 0.4) is 0 Å². The second-order valence-corrected chi connectivity index (χ2v) is 6.08. The number of hydrogen-bond donors (Lipinski definition) is 3. The second kappa shape index (κ2) is 8.34. The monoisotopic (exact) mass is 415 g/mol. The Morgan fingerprint density at radius 2 is 2.14 bits per heavy atom. The average Bonchev–Trinajstić information content (AvgIpc) is 3.28. The minimum atomic E-state index is -4.80. The molecule has 0 spiro atoms. The van der Waals surface area contributed by atoms with Gasteiger partial charge in [0.2, 0.25) is 0 Å². The molecule has 1 aliphatic rings. The normalized spacial score (nSPS) is 17.4. The Balaban J connectivity index is 1.49. The smallest absolute Gasteiger partial charge is 0.442 e. The number of alkyl halides is 3. The molecule has 0 bridgehead atoms. The first-order valence-corrected chi connectivity index (χ1v) is 8.36. The van der Waals surface area contributed by atoms with Gasteiger partial charge in [-0.25, -0.2) is 9.48 Å². The zero-order chi connectivity index (χ0) is 21.0. The van der Waals surface area contributed by atoms with Crippen LogP contribution in [0.4, 0.5) is 18.0 Å². The summed E-state index contributed by atoms with van der Waals surface area (Å²) in [5.74, 6) is -1.02. The maximum Gasteiger partial charge on any atom is 0.573 e. The van der Waals surface area contributed by atoms with Crippen molar-refractivity contribution in [3.63, 3.8) is 0 Å². The molecule has 2 unspecified atom stereocenters. The van der Waals surface area contributed by atoms with Crippen molar-refractivity contribution in [2.75, 3.05) is 13.1 Å². The van der Waals surface area contributed by atoms with Gasteiger partial charge in [0.05, 0.1) is 25.4 Å². The average molecular weight is 415 g/mol. The highest BCUT2D eigenvalue weighted by Gasteiger charge is 2.31. The number of alkyl carbamates (subject to hydrolysis) is 1. The summed E-state index contributed by atoms with van der Waals surface area (Å²) in [5.41, 5.74) is 0.280. The lowest BCUT2D eigenvalue weighted by Gasteiger charge is -2.13. The van der Waals surface area contributed by atoms with Gasteiger partial charge in [-0.2, -0.15) is 0 Å². The number of nitrogens with zero attached hydrogens (tertiary/aromatic N) is 3. The van der Waals surface area contributed by atoms with Crippen LogP contribution < -0.4 is 15.4 Å². The first kappa shape index (κ1) is 20.4. The minimum absolute atomic E-state index is 0.0107. The van der Waals surface area contributed by atoms with E-state index in [2.05, 4.69) is 25.7 Å². The number of rotatable bonds is 7. The number of amides is 2. The molecule has 0 saturated carbocycles. The fourth-order valence-corrected chi connectivity index (χ4v) is 2.52. The van der Waals surface area contributed by atoms with E-state index in [0.29, 0.717) is 12.1 Å². The summed E-state index contributed by atoms with van der Waals surface area (Å²) in [5, 5.41) is 22.5. The molecule has 2 heterocycles. The molecule has 2 aromatic rings. The summed E-state index contributed by atoms with van der Waals surface area (Å²) < 4.78 is 46.5. The van der Waals surface area contributed by atoms with Gasteiger partial charge in [-0.1, -0.05) is 17.3 Å². The lowest BCUT2D eigenvalue weighted by Crippen LogP contribution is -2.28. The maximum absolute atomic E-state index is 12.1. The van der Waals surface area contributed by atoms with Crippen molar-refractivity contribution < 1.29 is 37.3 Å². The third-order valence-corrected chi connectivity index (χ3v) is 3.86. The third kappa shape index (κ3) is 5.81. The molecule has 0 aliphatic carbocycles. The highest BCUT2D eigenvalue weighted by atomic mass is 19.4. The summed E-state index contributed by atoms with van der Waals surface area (Å²) >= 11 is 0. The Hall–Kier alpha value is -3.35. The Labute approximate surface area is 161 Å². The van der Waals surface area contributed by atoms with Crippen LogP contribution in [-0.2, 0) is 11.3 Å². The van der Waals surface area contributed by atoms with Crippen molar-refractivity contribution in [1.29, 1.82) is 0 Å². The lowest BCUT2D eigenvalue weighted by molar-refractivity contribution is -0.274. The van der Waals surface area contributed by atoms with Crippen LogP contribution in [0.15, 0.2) is 30.5 Å². The first-order chi connectivity index (χ1) is 13.7. The molecule has 2 amide bonds. The number of hydrogen-bond acceptors (Lipinski definition) is 7. The molecule has 13 heteroatoms. The summed E-state index contributed by atoms with van der Waals surface area (Å²) in [6.45, 7) is 0.336. The van der Waals surface area contributed by atoms with Crippen LogP contribution in [0, 0.1) is 0 Å². The molecule has 1 aliphatic heterocycles. The highest BCUT2D eigenvalue weighted by molar-refractivity contribution is 5.91. The number of ether oxygens (including phenoxy) is 2. The van der Waals surface area contributed by atoms with Crippen LogP contribution in [0.25, 0.3) is 0 Å². The molecule has 1 aromatic heterocycles. The van der Waals surface area contributed by atoms with Gasteiger partial charge in [-0.3, -0.25) is 4.79 Å². The molecule has 10 nitrogen and oxygen atoms in total. The molecule has 29 heavy (non-hydrogen) atoms. The Bertz CT molecular complexity index is 871. The first-order valence-electron chi connectivity index (χ1n) is 8.36. The zero-order valence-corrected chi connectivity index (χ0v) is 14.7. The van der Waals surface area contributed by atoms with Gasteiger partial charge in [0, 0.05) is 6.54 Å². The Morgan fingerprint density at radius 1 is 1.41 bits per heavy atom. The standard InChI is InChI=1S/C16H16F3N5O5/c17-16(18,19)29-10-3-1-9(2-4-10)13(25)6-20-14(26)12-8-24(23-22-12)7-11-5-21-15(27)28-11/h1-4,8,11,13,25H,5-7H2,(H,20,26)(H,21,27). The number of carbonyl (C=O) groups excluding carboxylic acids is 2. The number of carbonyl (C=O) groups is 2. The molecule has 0 radical (unpaired) electrons. The molecular formula is C16H16F3N5O5. The SMILES string of the molecule is O=C1NCC(Cn2cc(C(=O)NCC(O)c3ccc(OC(F)(F)F)cc3)nn2)O1. The summed E-state index contributed by atoms with van der Waals surface area (Å²) in [7, 11) is 0. The van der Waals surface area contributed by atoms with Gasteiger partial charge in [-0.05, 0) is 17.7 Å². The topological polar surface area (TPSA) is 128 Å². The van der Waals surface area contributed by atoms with E-state index in [1.54, 1.807) is 0 Å². The molecule has 3 N–H and O–H groups in total. The third-order valence-electron chi connectivity index (χ3n) is 3.86. The maximum atomic E-state index is 12.1. The van der Waals surface area contributed by atoms with Gasteiger partial charge in [-0.15, -0.1) is 18.3 Å². The molecular weight excluding hydrogens is 399 g/mol. The van der Waals surface area contributed by atoms with E-state index in [1.165, 1.54) is 23.0 Å². The molecule has 2 atom stereocenters. The predicted octanol–water partition coefficient (Wildman–Crippen LogP) is 0.748. The predicted molar refractivity (Wildman–Crippen MR) is 88.7 cm³/mol. The van der Waals surface area contributed by atoms with Crippen LogP contribution in [-0.4, -0.2) is 57.7 Å². The molecule has 1 saturated heterocycles. The minimum Gasteiger partial charge on any atom is -0.442 e. The fraction of sp³-hybridized carbons (Fsp3) is 0.375.